The van der Waals surface area contributed by atoms with Gasteiger partial charge in [-0.3, -0.25) is 4.68 Å². The molecular weight excluding hydrogens is 278 g/mol. The van der Waals surface area contributed by atoms with Crippen LogP contribution in [0.25, 0.3) is 11.3 Å². The molecule has 2 rings (SSSR count). The normalized spacial score (nSPS) is 9.77. The Bertz CT molecular complexity index is 769. The molecule has 0 amide bonds. The second-order valence-electron chi connectivity index (χ2n) is 4.43. The fourth-order valence-corrected chi connectivity index (χ4v) is 2.06. The second-order valence-corrected chi connectivity index (χ2v) is 4.43. The summed E-state index contributed by atoms with van der Waals surface area (Å²) in [5.41, 5.74) is 1.84. The highest BCUT2D eigenvalue weighted by Gasteiger charge is 2.16. The molecule has 0 aliphatic rings. The molecule has 0 saturated carbocycles. The smallest absolute Gasteiger partial charge is 0.145 e. The molecule has 0 radical (unpaired) electrons. The molecule has 7 heteroatoms. The van der Waals surface area contributed by atoms with E-state index in [1.165, 1.54) is 6.33 Å². The average molecular weight is 291 g/mol. The van der Waals surface area contributed by atoms with Gasteiger partial charge in [0.25, 0.3) is 0 Å². The van der Waals surface area contributed by atoms with E-state index in [1.807, 2.05) is 0 Å². The van der Waals surface area contributed by atoms with Gasteiger partial charge in [-0.05, 0) is 0 Å². The predicted octanol–water partition coefficient (Wildman–Crippen LogP) is 1.73. The Labute approximate surface area is 128 Å². The van der Waals surface area contributed by atoms with Crippen LogP contribution in [-0.2, 0) is 0 Å². The minimum atomic E-state index is -0.288. The van der Waals surface area contributed by atoms with Crippen molar-refractivity contribution >= 4 is 5.82 Å². The fourth-order valence-electron chi connectivity index (χ4n) is 2.06. The Kier molecular flexibility index (Phi) is 4.70. The molecule has 7 nitrogen and oxygen atoms in total. The molecule has 22 heavy (non-hydrogen) atoms. The maximum atomic E-state index is 8.84. The molecule has 0 aromatic carbocycles. The van der Waals surface area contributed by atoms with Gasteiger partial charge in [0.15, 0.2) is 0 Å². The molecule has 108 valence electrons. The first-order chi connectivity index (χ1) is 10.7. The molecule has 0 saturated heterocycles. The van der Waals surface area contributed by atoms with Crippen LogP contribution in [0.15, 0.2) is 18.7 Å². The Morgan fingerprint density at radius 1 is 1.32 bits per heavy atom. The van der Waals surface area contributed by atoms with Gasteiger partial charge in [0.05, 0.1) is 48.5 Å². The van der Waals surface area contributed by atoms with Crippen molar-refractivity contribution in [2.24, 2.45) is 0 Å². The lowest BCUT2D eigenvalue weighted by molar-refractivity contribution is 0.470. The molecule has 2 heterocycles. The largest absolute Gasteiger partial charge is 0.372 e. The summed E-state index contributed by atoms with van der Waals surface area (Å²) in [7, 11) is 1.73. The van der Waals surface area contributed by atoms with Crippen LogP contribution in [0, 0.1) is 35.0 Å². The Morgan fingerprint density at radius 2 is 2.05 bits per heavy atom. The van der Waals surface area contributed by atoms with Gasteiger partial charge in [-0.2, -0.15) is 15.6 Å². The van der Waals surface area contributed by atoms with Crippen molar-refractivity contribution in [3.63, 3.8) is 0 Å². The summed E-state index contributed by atoms with van der Waals surface area (Å²) in [5, 5.41) is 24.8. The molecule has 0 unspecified atom stereocenters. The van der Waals surface area contributed by atoms with E-state index in [-0.39, 0.29) is 18.9 Å². The lowest BCUT2D eigenvalue weighted by Gasteiger charge is -2.09. The van der Waals surface area contributed by atoms with E-state index in [2.05, 4.69) is 38.4 Å². The van der Waals surface area contributed by atoms with Crippen LogP contribution in [0.2, 0.25) is 0 Å². The number of anilines is 1. The van der Waals surface area contributed by atoms with Crippen molar-refractivity contribution in [3.05, 3.63) is 24.3 Å². The first kappa shape index (κ1) is 15.0. The number of nitrogens with zero attached hydrogens (tertiary/aromatic N) is 6. The molecule has 0 fully saturated rings. The first-order valence-electron chi connectivity index (χ1n) is 6.53. The van der Waals surface area contributed by atoms with Crippen molar-refractivity contribution in [1.29, 1.82) is 10.5 Å². The van der Waals surface area contributed by atoms with Gasteiger partial charge in [-0.15, -0.1) is 6.42 Å². The molecule has 0 spiro atoms. The van der Waals surface area contributed by atoms with E-state index in [4.69, 9.17) is 16.9 Å². The Morgan fingerprint density at radius 3 is 2.64 bits per heavy atom. The highest BCUT2D eigenvalue weighted by molar-refractivity contribution is 5.72. The third-order valence-corrected chi connectivity index (χ3v) is 3.13. The zero-order chi connectivity index (χ0) is 15.9. The van der Waals surface area contributed by atoms with Crippen LogP contribution < -0.4 is 5.32 Å². The molecule has 2 aromatic heterocycles. The summed E-state index contributed by atoms with van der Waals surface area (Å²) in [5.74, 6) is 3.13. The van der Waals surface area contributed by atoms with Crippen LogP contribution in [0.1, 0.15) is 24.4 Å². The van der Waals surface area contributed by atoms with Gasteiger partial charge in [0.1, 0.15) is 12.1 Å². The maximum Gasteiger partial charge on any atom is 0.145 e. The molecular formula is C15H13N7. The number of hydrogen-bond donors (Lipinski definition) is 1. The van der Waals surface area contributed by atoms with Gasteiger partial charge in [0, 0.05) is 18.8 Å². The SMILES string of the molecule is C#Cc1c(NC)ncnc1-c1cnn(C(CC#N)CC#N)c1. The number of nitriles is 2. The zero-order valence-electron chi connectivity index (χ0n) is 12.0. The highest BCUT2D eigenvalue weighted by Crippen LogP contribution is 2.26. The highest BCUT2D eigenvalue weighted by atomic mass is 15.3. The third-order valence-electron chi connectivity index (χ3n) is 3.13. The summed E-state index contributed by atoms with van der Waals surface area (Å²) < 4.78 is 1.60. The summed E-state index contributed by atoms with van der Waals surface area (Å²) >= 11 is 0. The van der Waals surface area contributed by atoms with Crippen LogP contribution in [-0.4, -0.2) is 26.8 Å². The minimum Gasteiger partial charge on any atom is -0.372 e. The number of nitrogens with one attached hydrogen (secondary N) is 1. The summed E-state index contributed by atoms with van der Waals surface area (Å²) in [6.45, 7) is 0. The molecule has 1 N–H and O–H groups in total. The molecule has 0 aliphatic carbocycles. The number of terminal acetylenes is 1. The number of rotatable bonds is 5. The number of aromatic nitrogens is 4. The number of hydrogen-bond acceptors (Lipinski definition) is 6. The van der Waals surface area contributed by atoms with E-state index in [9.17, 15) is 0 Å². The van der Waals surface area contributed by atoms with Gasteiger partial charge in [0.2, 0.25) is 0 Å². The van der Waals surface area contributed by atoms with Gasteiger partial charge in [-0.1, -0.05) is 5.92 Å². The van der Waals surface area contributed by atoms with Crippen molar-refractivity contribution < 1.29 is 0 Å². The molecule has 0 aliphatic heterocycles. The topological polar surface area (TPSA) is 103 Å². The quantitative estimate of drug-likeness (QED) is 0.841. The van der Waals surface area contributed by atoms with Crippen LogP contribution in [0.5, 0.6) is 0 Å². The van der Waals surface area contributed by atoms with Gasteiger partial charge in [-0.25, -0.2) is 9.97 Å². The van der Waals surface area contributed by atoms with E-state index in [0.717, 1.165) is 0 Å². The van der Waals surface area contributed by atoms with E-state index in [1.54, 1.807) is 24.1 Å². The second kappa shape index (κ2) is 6.88. The molecule has 0 bridgehead atoms. The van der Waals surface area contributed by atoms with Crippen molar-refractivity contribution in [1.82, 2.24) is 19.7 Å². The van der Waals surface area contributed by atoms with Crippen molar-refractivity contribution in [3.8, 4) is 35.7 Å². The summed E-state index contributed by atoms with van der Waals surface area (Å²) in [4.78, 5) is 8.29. The van der Waals surface area contributed by atoms with E-state index < -0.39 is 0 Å². The van der Waals surface area contributed by atoms with Crippen LogP contribution in [0.3, 0.4) is 0 Å². The Hall–Kier alpha value is -3.37. The molecule has 2 aromatic rings. The lowest BCUT2D eigenvalue weighted by Crippen LogP contribution is -2.08. The lowest BCUT2D eigenvalue weighted by atomic mass is 10.1. The van der Waals surface area contributed by atoms with Crippen LogP contribution in [0.4, 0.5) is 5.82 Å². The maximum absolute atomic E-state index is 8.84. The Balaban J connectivity index is 2.43. The summed E-state index contributed by atoms with van der Waals surface area (Å²) in [6.07, 6.45) is 10.7. The van der Waals surface area contributed by atoms with E-state index in [0.29, 0.717) is 22.6 Å². The fraction of sp³-hybridized carbons (Fsp3) is 0.267. The van der Waals surface area contributed by atoms with Crippen molar-refractivity contribution in [2.75, 3.05) is 12.4 Å². The third kappa shape index (κ3) is 2.87. The standard InChI is InChI=1S/C15H13N7/c1-3-13-14(19-10-20-15(13)18-2)11-8-21-22(9-11)12(4-6-16)5-7-17/h1,8-10,12H,4-5H2,2H3,(H,18,19,20). The summed E-state index contributed by atoms with van der Waals surface area (Å²) in [6, 6.07) is 3.83. The monoisotopic (exact) mass is 291 g/mol. The average Bonchev–Trinajstić information content (AvgIpc) is 3.03. The van der Waals surface area contributed by atoms with Gasteiger partial charge < -0.3 is 5.32 Å². The van der Waals surface area contributed by atoms with Gasteiger partial charge >= 0.3 is 0 Å². The molecule has 0 atom stereocenters. The van der Waals surface area contributed by atoms with E-state index >= 15 is 0 Å². The first-order valence-corrected chi connectivity index (χ1v) is 6.53. The predicted molar refractivity (Wildman–Crippen MR) is 80.2 cm³/mol. The zero-order valence-corrected chi connectivity index (χ0v) is 12.0. The minimum absolute atomic E-state index is 0.211. The van der Waals surface area contributed by atoms with Crippen molar-refractivity contribution in [2.45, 2.75) is 18.9 Å². The van der Waals surface area contributed by atoms with Crippen LogP contribution >= 0.6 is 0 Å².